The number of nitrogens with one attached hydrogen (secondary N) is 1. The smallest absolute Gasteiger partial charge is 0.220 e. The number of hydrogen-bond acceptors (Lipinski definition) is 3. The van der Waals surface area contributed by atoms with E-state index in [-0.39, 0.29) is 11.9 Å². The van der Waals surface area contributed by atoms with Crippen LogP contribution < -0.4 is 10.1 Å². The van der Waals surface area contributed by atoms with Crippen LogP contribution >= 0.6 is 23.2 Å². The zero-order valence-electron chi connectivity index (χ0n) is 15.3. The van der Waals surface area contributed by atoms with E-state index in [0.29, 0.717) is 29.4 Å². The number of carbonyl (C=O) groups excluding carboxylic acids is 1. The minimum atomic E-state index is 0.0106. The molecule has 1 N–H and O–H groups in total. The molecule has 2 rings (SSSR count). The van der Waals surface area contributed by atoms with Crippen LogP contribution in [0.5, 0.6) is 5.75 Å². The number of hydrogen-bond donors (Lipinski definition) is 1. The lowest BCUT2D eigenvalue weighted by Crippen LogP contribution is -2.34. The van der Waals surface area contributed by atoms with Crippen molar-refractivity contribution >= 4 is 29.1 Å². The molecule has 1 atom stereocenters. The van der Waals surface area contributed by atoms with E-state index in [2.05, 4.69) is 10.2 Å². The maximum atomic E-state index is 12.2. The van der Waals surface area contributed by atoms with Gasteiger partial charge in [0.05, 0.1) is 23.2 Å². The number of carbonyl (C=O) groups is 1. The van der Waals surface area contributed by atoms with Gasteiger partial charge in [0, 0.05) is 13.0 Å². The highest BCUT2D eigenvalue weighted by atomic mass is 35.5. The van der Waals surface area contributed by atoms with Gasteiger partial charge in [-0.1, -0.05) is 41.4 Å². The Kier molecular flexibility index (Phi) is 7.76. The van der Waals surface area contributed by atoms with Crippen molar-refractivity contribution in [3.63, 3.8) is 0 Å². The van der Waals surface area contributed by atoms with Gasteiger partial charge >= 0.3 is 0 Å². The molecule has 0 saturated carbocycles. The third-order valence-electron chi connectivity index (χ3n) is 4.24. The number of likely N-dealkylation sites (N-methyl/N-ethyl adjacent to an activating group) is 1. The van der Waals surface area contributed by atoms with Crippen LogP contribution in [0.1, 0.15) is 23.6 Å². The van der Waals surface area contributed by atoms with Crippen LogP contribution in [-0.2, 0) is 11.2 Å². The highest BCUT2D eigenvalue weighted by Gasteiger charge is 2.15. The average molecular weight is 395 g/mol. The minimum Gasteiger partial charge on any atom is -0.497 e. The zero-order valence-corrected chi connectivity index (χ0v) is 16.8. The number of aryl methyl sites for hydroxylation is 1. The molecule has 2 aromatic carbocycles. The summed E-state index contributed by atoms with van der Waals surface area (Å²) in [6.45, 7) is 0.541. The second kappa shape index (κ2) is 9.81. The predicted octanol–water partition coefficient (Wildman–Crippen LogP) is 4.35. The maximum Gasteiger partial charge on any atom is 0.220 e. The van der Waals surface area contributed by atoms with Gasteiger partial charge in [-0.05, 0) is 55.9 Å². The second-order valence-electron chi connectivity index (χ2n) is 6.31. The number of benzene rings is 2. The van der Waals surface area contributed by atoms with E-state index >= 15 is 0 Å². The van der Waals surface area contributed by atoms with Crippen LogP contribution in [0.25, 0.3) is 0 Å². The summed E-state index contributed by atoms with van der Waals surface area (Å²) in [5.41, 5.74) is 2.12. The molecule has 0 fully saturated rings. The number of ether oxygens (including phenoxy) is 1. The molecule has 0 aliphatic heterocycles. The van der Waals surface area contributed by atoms with Crippen molar-refractivity contribution in [1.82, 2.24) is 10.2 Å². The Balaban J connectivity index is 1.89. The Morgan fingerprint density at radius 2 is 1.81 bits per heavy atom. The first-order valence-corrected chi connectivity index (χ1v) is 9.17. The van der Waals surface area contributed by atoms with Crippen LogP contribution in [0.4, 0.5) is 0 Å². The molecule has 0 radical (unpaired) electrons. The molecule has 0 aromatic heterocycles. The minimum absolute atomic E-state index is 0.0106. The molecule has 26 heavy (non-hydrogen) atoms. The summed E-state index contributed by atoms with van der Waals surface area (Å²) >= 11 is 11.9. The summed E-state index contributed by atoms with van der Waals surface area (Å²) in [6.07, 6.45) is 1.03. The number of nitrogens with zero attached hydrogens (tertiary/aromatic N) is 1. The molecule has 2 aromatic rings. The van der Waals surface area contributed by atoms with Gasteiger partial charge in [-0.25, -0.2) is 0 Å². The molecule has 0 heterocycles. The summed E-state index contributed by atoms with van der Waals surface area (Å²) in [5, 5.41) is 4.05. The van der Waals surface area contributed by atoms with Gasteiger partial charge in [-0.2, -0.15) is 0 Å². The number of amides is 1. The highest BCUT2D eigenvalue weighted by Crippen LogP contribution is 2.23. The number of rotatable bonds is 8. The first-order chi connectivity index (χ1) is 12.4. The number of halogens is 2. The van der Waals surface area contributed by atoms with E-state index < -0.39 is 0 Å². The van der Waals surface area contributed by atoms with Crippen molar-refractivity contribution in [3.8, 4) is 5.75 Å². The van der Waals surface area contributed by atoms with Gasteiger partial charge in [0.2, 0.25) is 5.91 Å². The molecule has 0 saturated heterocycles. The van der Waals surface area contributed by atoms with Crippen LogP contribution in [0.2, 0.25) is 10.0 Å². The van der Waals surface area contributed by atoms with E-state index in [1.807, 2.05) is 44.4 Å². The standard InChI is InChI=1S/C20H24Cl2N2O2/c1-24(2)19(15-6-8-16(26-3)9-7-15)13-23-20(25)11-5-14-4-10-17(21)18(22)12-14/h4,6-10,12,19H,5,11,13H2,1-3H3,(H,23,25). The van der Waals surface area contributed by atoms with Gasteiger partial charge < -0.3 is 15.0 Å². The summed E-state index contributed by atoms with van der Waals surface area (Å²) in [5.74, 6) is 0.827. The monoisotopic (exact) mass is 394 g/mol. The lowest BCUT2D eigenvalue weighted by Gasteiger charge is -2.25. The van der Waals surface area contributed by atoms with E-state index in [0.717, 1.165) is 16.9 Å². The molecular weight excluding hydrogens is 371 g/mol. The van der Waals surface area contributed by atoms with Crippen molar-refractivity contribution in [2.75, 3.05) is 27.7 Å². The second-order valence-corrected chi connectivity index (χ2v) is 7.12. The van der Waals surface area contributed by atoms with E-state index in [4.69, 9.17) is 27.9 Å². The molecule has 1 amide bonds. The predicted molar refractivity (Wildman–Crippen MR) is 107 cm³/mol. The summed E-state index contributed by atoms with van der Waals surface area (Å²) in [7, 11) is 5.64. The van der Waals surface area contributed by atoms with Gasteiger partial charge in [0.15, 0.2) is 0 Å². The topological polar surface area (TPSA) is 41.6 Å². The summed E-state index contributed by atoms with van der Waals surface area (Å²) < 4.78 is 5.20. The lowest BCUT2D eigenvalue weighted by molar-refractivity contribution is -0.121. The van der Waals surface area contributed by atoms with Crippen LogP contribution in [0.3, 0.4) is 0 Å². The largest absolute Gasteiger partial charge is 0.497 e. The van der Waals surface area contributed by atoms with Gasteiger partial charge in [-0.15, -0.1) is 0 Å². The molecule has 1 unspecified atom stereocenters. The van der Waals surface area contributed by atoms with E-state index in [1.165, 1.54) is 0 Å². The van der Waals surface area contributed by atoms with Crippen LogP contribution in [-0.4, -0.2) is 38.6 Å². The SMILES string of the molecule is COc1ccc(C(CNC(=O)CCc2ccc(Cl)c(Cl)c2)N(C)C)cc1. The molecule has 0 aliphatic rings. The fraction of sp³-hybridized carbons (Fsp3) is 0.350. The molecule has 0 aliphatic carbocycles. The first-order valence-electron chi connectivity index (χ1n) is 8.41. The molecule has 140 valence electrons. The Morgan fingerprint density at radius 1 is 1.12 bits per heavy atom. The maximum absolute atomic E-state index is 12.2. The van der Waals surface area contributed by atoms with Crippen molar-refractivity contribution in [2.45, 2.75) is 18.9 Å². The average Bonchev–Trinajstić information content (AvgIpc) is 2.63. The van der Waals surface area contributed by atoms with Gasteiger partial charge in [-0.3, -0.25) is 4.79 Å². The fourth-order valence-corrected chi connectivity index (χ4v) is 3.00. The summed E-state index contributed by atoms with van der Waals surface area (Å²) in [4.78, 5) is 14.3. The molecule has 4 nitrogen and oxygen atoms in total. The molecule has 0 spiro atoms. The van der Waals surface area contributed by atoms with Crippen molar-refractivity contribution in [1.29, 1.82) is 0 Å². The van der Waals surface area contributed by atoms with Crippen LogP contribution in [0, 0.1) is 0 Å². The zero-order chi connectivity index (χ0) is 19.1. The van der Waals surface area contributed by atoms with E-state index in [9.17, 15) is 4.79 Å². The Hall–Kier alpha value is -1.75. The Bertz CT molecular complexity index is 733. The summed E-state index contributed by atoms with van der Waals surface area (Å²) in [6, 6.07) is 13.4. The Morgan fingerprint density at radius 3 is 2.38 bits per heavy atom. The van der Waals surface area contributed by atoms with Crippen LogP contribution in [0.15, 0.2) is 42.5 Å². The van der Waals surface area contributed by atoms with E-state index in [1.54, 1.807) is 19.2 Å². The first kappa shape index (κ1) is 20.6. The van der Waals surface area contributed by atoms with Crippen molar-refractivity contribution < 1.29 is 9.53 Å². The van der Waals surface area contributed by atoms with Gasteiger partial charge in [0.25, 0.3) is 0 Å². The lowest BCUT2D eigenvalue weighted by atomic mass is 10.1. The molecule has 0 bridgehead atoms. The Labute approximate surface area is 165 Å². The van der Waals surface area contributed by atoms with Crippen molar-refractivity contribution in [3.05, 3.63) is 63.6 Å². The third-order valence-corrected chi connectivity index (χ3v) is 4.98. The highest BCUT2D eigenvalue weighted by molar-refractivity contribution is 6.42. The molecule has 6 heteroatoms. The fourth-order valence-electron chi connectivity index (χ4n) is 2.68. The normalized spacial score (nSPS) is 12.1. The van der Waals surface area contributed by atoms with Crippen molar-refractivity contribution in [2.24, 2.45) is 0 Å². The quantitative estimate of drug-likeness (QED) is 0.723. The molecular formula is C20H24Cl2N2O2. The van der Waals surface area contributed by atoms with Gasteiger partial charge in [0.1, 0.15) is 5.75 Å². The third kappa shape index (κ3) is 5.90. The number of methoxy groups -OCH3 is 1.